The summed E-state index contributed by atoms with van der Waals surface area (Å²) in [6.45, 7) is 3.78. The molecule has 1 rings (SSSR count). The molecule has 0 aromatic heterocycles. The van der Waals surface area contributed by atoms with Crippen molar-refractivity contribution in [2.45, 2.75) is 37.1 Å². The Morgan fingerprint density at radius 1 is 1.48 bits per heavy atom. The number of hydrogen-bond donors (Lipinski definition) is 1. The lowest BCUT2D eigenvalue weighted by Crippen LogP contribution is -2.46. The van der Waals surface area contributed by atoms with Gasteiger partial charge in [-0.3, -0.25) is 14.9 Å². The maximum atomic E-state index is 12.3. The van der Waals surface area contributed by atoms with Gasteiger partial charge in [-0.15, -0.1) is 18.2 Å². The molecule has 0 unspecified atom stereocenters. The van der Waals surface area contributed by atoms with Crippen LogP contribution < -0.4 is 5.32 Å². The van der Waals surface area contributed by atoms with E-state index in [0.717, 1.165) is 0 Å². The standard InChI is InChI=1S/C15H18N2O3S/c1-5-15(6-2,7-3)16-14(18)11-8-9-13(21-4)12(10-11)17(19)20/h1,8-10H,6-7H2,2-4H3,(H,16,18). The zero-order valence-electron chi connectivity index (χ0n) is 12.3. The largest absolute Gasteiger partial charge is 0.336 e. The summed E-state index contributed by atoms with van der Waals surface area (Å²) in [4.78, 5) is 23.3. The van der Waals surface area contributed by atoms with Gasteiger partial charge >= 0.3 is 0 Å². The van der Waals surface area contributed by atoms with Crippen molar-refractivity contribution in [3.8, 4) is 12.3 Å². The molecule has 1 N–H and O–H groups in total. The van der Waals surface area contributed by atoms with E-state index in [1.165, 1.54) is 17.8 Å². The molecule has 21 heavy (non-hydrogen) atoms. The number of nitro groups is 1. The zero-order valence-corrected chi connectivity index (χ0v) is 13.1. The number of benzene rings is 1. The summed E-state index contributed by atoms with van der Waals surface area (Å²) in [5.41, 5.74) is -0.556. The second-order valence-corrected chi connectivity index (χ2v) is 5.38. The second-order valence-electron chi connectivity index (χ2n) is 4.53. The number of terminal acetylenes is 1. The van der Waals surface area contributed by atoms with Gasteiger partial charge in [0.05, 0.1) is 9.82 Å². The molecular weight excluding hydrogens is 288 g/mol. The van der Waals surface area contributed by atoms with Crippen molar-refractivity contribution in [3.63, 3.8) is 0 Å². The summed E-state index contributed by atoms with van der Waals surface area (Å²) in [5, 5.41) is 13.8. The van der Waals surface area contributed by atoms with E-state index < -0.39 is 16.4 Å². The average molecular weight is 306 g/mol. The molecule has 0 spiro atoms. The van der Waals surface area contributed by atoms with E-state index in [1.54, 1.807) is 18.4 Å². The maximum Gasteiger partial charge on any atom is 0.283 e. The van der Waals surface area contributed by atoms with Crippen molar-refractivity contribution in [3.05, 3.63) is 33.9 Å². The number of nitrogens with one attached hydrogen (secondary N) is 1. The van der Waals surface area contributed by atoms with E-state index >= 15 is 0 Å². The minimum atomic E-state index is -0.718. The molecule has 0 aliphatic rings. The Morgan fingerprint density at radius 3 is 2.52 bits per heavy atom. The van der Waals surface area contributed by atoms with E-state index in [0.29, 0.717) is 17.7 Å². The minimum Gasteiger partial charge on any atom is -0.336 e. The molecule has 0 saturated carbocycles. The number of rotatable bonds is 6. The van der Waals surface area contributed by atoms with Crippen molar-refractivity contribution in [2.75, 3.05) is 6.26 Å². The van der Waals surface area contributed by atoms with Gasteiger partial charge in [0.1, 0.15) is 5.54 Å². The first-order chi connectivity index (χ1) is 9.92. The Bertz CT molecular complexity index is 589. The number of hydrogen-bond acceptors (Lipinski definition) is 4. The van der Waals surface area contributed by atoms with Crippen LogP contribution in [0.15, 0.2) is 23.1 Å². The monoisotopic (exact) mass is 306 g/mol. The molecule has 1 aromatic rings. The highest BCUT2D eigenvalue weighted by molar-refractivity contribution is 7.98. The van der Waals surface area contributed by atoms with Crippen LogP contribution in [-0.2, 0) is 0 Å². The first-order valence-corrected chi connectivity index (χ1v) is 7.78. The van der Waals surface area contributed by atoms with E-state index in [-0.39, 0.29) is 11.3 Å². The van der Waals surface area contributed by atoms with Crippen LogP contribution in [-0.4, -0.2) is 22.6 Å². The second kappa shape index (κ2) is 7.14. The van der Waals surface area contributed by atoms with Crippen LogP contribution in [0.25, 0.3) is 0 Å². The van der Waals surface area contributed by atoms with Gasteiger partial charge in [0.25, 0.3) is 11.6 Å². The fraction of sp³-hybridized carbons (Fsp3) is 0.400. The summed E-state index contributed by atoms with van der Waals surface area (Å²) >= 11 is 1.27. The van der Waals surface area contributed by atoms with Crippen molar-refractivity contribution in [2.24, 2.45) is 0 Å². The number of carbonyl (C=O) groups is 1. The van der Waals surface area contributed by atoms with Gasteiger partial charge in [-0.25, -0.2) is 0 Å². The normalized spacial score (nSPS) is 10.8. The summed E-state index contributed by atoms with van der Waals surface area (Å²) in [6, 6.07) is 4.43. The third kappa shape index (κ3) is 3.76. The highest BCUT2D eigenvalue weighted by atomic mass is 32.2. The Balaban J connectivity index is 3.12. The molecule has 1 amide bonds. The molecule has 0 aliphatic carbocycles. The van der Waals surface area contributed by atoms with Gasteiger partial charge in [-0.1, -0.05) is 19.8 Å². The van der Waals surface area contributed by atoms with Crippen molar-refractivity contribution < 1.29 is 9.72 Å². The summed E-state index contributed by atoms with van der Waals surface area (Å²) in [7, 11) is 0. The molecular formula is C15H18N2O3S. The number of thioether (sulfide) groups is 1. The minimum absolute atomic E-state index is 0.0746. The number of nitro benzene ring substituents is 1. The molecule has 6 heteroatoms. The molecule has 0 bridgehead atoms. The number of nitrogens with zero attached hydrogens (tertiary/aromatic N) is 1. The summed E-state index contributed by atoms with van der Waals surface area (Å²) < 4.78 is 0. The van der Waals surface area contributed by atoms with Gasteiger partial charge in [0, 0.05) is 11.6 Å². The lowest BCUT2D eigenvalue weighted by Gasteiger charge is -2.27. The molecule has 0 heterocycles. The quantitative estimate of drug-likeness (QED) is 0.379. The lowest BCUT2D eigenvalue weighted by atomic mass is 9.93. The molecule has 0 atom stereocenters. The Hall–Kier alpha value is -2.00. The third-order valence-electron chi connectivity index (χ3n) is 3.47. The maximum absolute atomic E-state index is 12.3. The zero-order chi connectivity index (χ0) is 16.0. The molecule has 0 fully saturated rings. The van der Waals surface area contributed by atoms with Crippen LogP contribution in [0.1, 0.15) is 37.0 Å². The van der Waals surface area contributed by atoms with Crippen LogP contribution in [0.2, 0.25) is 0 Å². The van der Waals surface area contributed by atoms with Gasteiger partial charge in [-0.2, -0.15) is 0 Å². The highest BCUT2D eigenvalue weighted by Crippen LogP contribution is 2.28. The Kier molecular flexibility index (Phi) is 5.79. The summed E-state index contributed by atoms with van der Waals surface area (Å²) in [5.74, 6) is 2.21. The topological polar surface area (TPSA) is 72.2 Å². The van der Waals surface area contributed by atoms with Crippen LogP contribution in [0.3, 0.4) is 0 Å². The van der Waals surface area contributed by atoms with Gasteiger partial charge in [0.2, 0.25) is 0 Å². The molecule has 0 aliphatic heterocycles. The van der Waals surface area contributed by atoms with E-state index in [1.807, 2.05) is 13.8 Å². The first kappa shape index (κ1) is 17.1. The average Bonchev–Trinajstić information content (AvgIpc) is 2.51. The fourth-order valence-corrected chi connectivity index (χ4v) is 2.48. The predicted octanol–water partition coefficient (Wildman–Crippen LogP) is 3.24. The van der Waals surface area contributed by atoms with Crippen LogP contribution in [0, 0.1) is 22.5 Å². The van der Waals surface area contributed by atoms with Crippen LogP contribution in [0.4, 0.5) is 5.69 Å². The molecule has 0 saturated heterocycles. The van der Waals surface area contributed by atoms with Gasteiger partial charge < -0.3 is 5.32 Å². The first-order valence-electron chi connectivity index (χ1n) is 6.55. The molecule has 112 valence electrons. The van der Waals surface area contributed by atoms with Crippen LogP contribution in [0.5, 0.6) is 0 Å². The highest BCUT2D eigenvalue weighted by Gasteiger charge is 2.27. The van der Waals surface area contributed by atoms with Crippen molar-refractivity contribution >= 4 is 23.4 Å². The van der Waals surface area contributed by atoms with Gasteiger partial charge in [0.15, 0.2) is 0 Å². The Labute approximate surface area is 128 Å². The molecule has 0 radical (unpaired) electrons. The molecule has 1 aromatic carbocycles. The smallest absolute Gasteiger partial charge is 0.283 e. The number of amides is 1. The predicted molar refractivity (Wildman–Crippen MR) is 84.5 cm³/mol. The summed E-state index contributed by atoms with van der Waals surface area (Å²) in [6.07, 6.45) is 8.44. The third-order valence-corrected chi connectivity index (χ3v) is 4.26. The lowest BCUT2D eigenvalue weighted by molar-refractivity contribution is -0.387. The fourth-order valence-electron chi connectivity index (χ4n) is 1.93. The molecule has 5 nitrogen and oxygen atoms in total. The van der Waals surface area contributed by atoms with Crippen LogP contribution >= 0.6 is 11.8 Å². The van der Waals surface area contributed by atoms with E-state index in [9.17, 15) is 14.9 Å². The van der Waals surface area contributed by atoms with E-state index in [2.05, 4.69) is 11.2 Å². The van der Waals surface area contributed by atoms with Crippen molar-refractivity contribution in [1.29, 1.82) is 0 Å². The Morgan fingerprint density at radius 2 is 2.10 bits per heavy atom. The van der Waals surface area contributed by atoms with Gasteiger partial charge in [-0.05, 0) is 31.2 Å². The SMILES string of the molecule is C#CC(CC)(CC)NC(=O)c1ccc(SC)c([N+](=O)[O-])c1. The van der Waals surface area contributed by atoms with Crippen molar-refractivity contribution in [1.82, 2.24) is 5.32 Å². The number of carbonyl (C=O) groups excluding carboxylic acids is 1. The van der Waals surface area contributed by atoms with E-state index in [4.69, 9.17) is 6.42 Å².